The van der Waals surface area contributed by atoms with Crippen molar-refractivity contribution < 1.29 is 9.84 Å². The van der Waals surface area contributed by atoms with Crippen LogP contribution < -0.4 is 10.3 Å². The molecule has 0 amide bonds. The molecule has 5 rings (SSSR count). The van der Waals surface area contributed by atoms with Gasteiger partial charge in [0.05, 0.1) is 23.0 Å². The van der Waals surface area contributed by atoms with Gasteiger partial charge in [0.15, 0.2) is 5.75 Å². The normalized spacial score (nSPS) is 11.3. The minimum Gasteiger partial charge on any atom is -0.505 e. The van der Waals surface area contributed by atoms with E-state index in [1.165, 1.54) is 11.3 Å². The third kappa shape index (κ3) is 2.98. The number of H-pyrrole nitrogens is 1. The van der Waals surface area contributed by atoms with Crippen molar-refractivity contribution in [3.8, 4) is 33.9 Å². The average molecular weight is 479 g/mol. The summed E-state index contributed by atoms with van der Waals surface area (Å²) in [5, 5.41) is 11.4. The summed E-state index contributed by atoms with van der Waals surface area (Å²) in [4.78, 5) is 20.8. The number of halogens is 1. The molecule has 0 radical (unpaired) electrons. The number of aromatic hydroxyl groups is 1. The lowest BCUT2D eigenvalue weighted by molar-refractivity contribution is 0.415. The molecule has 5 aromatic rings. The topological polar surface area (TPSA) is 75.2 Å². The van der Waals surface area contributed by atoms with Crippen molar-refractivity contribution in [2.45, 2.75) is 0 Å². The molecule has 2 aromatic carbocycles. The molecular formula is C23H15BrN2O3S. The number of hydrogen-bond donors (Lipinski definition) is 2. The van der Waals surface area contributed by atoms with Crippen LogP contribution in [0.1, 0.15) is 0 Å². The first kappa shape index (κ1) is 18.8. The fourth-order valence-corrected chi connectivity index (χ4v) is 5.05. The second kappa shape index (κ2) is 7.27. The van der Waals surface area contributed by atoms with Crippen molar-refractivity contribution in [2.75, 3.05) is 7.11 Å². The molecule has 3 heterocycles. The van der Waals surface area contributed by atoms with Gasteiger partial charge in [0.1, 0.15) is 15.1 Å². The molecule has 0 unspecified atom stereocenters. The first-order chi connectivity index (χ1) is 14.6. The fraction of sp³-hybridized carbons (Fsp3) is 0.0435. The molecule has 2 N–H and O–H groups in total. The highest BCUT2D eigenvalue weighted by atomic mass is 79.9. The van der Waals surface area contributed by atoms with E-state index in [-0.39, 0.29) is 15.8 Å². The van der Waals surface area contributed by atoms with Gasteiger partial charge >= 0.3 is 0 Å². The lowest BCUT2D eigenvalue weighted by atomic mass is 10.00. The number of thiophene rings is 1. The van der Waals surface area contributed by atoms with Crippen molar-refractivity contribution >= 4 is 47.7 Å². The van der Waals surface area contributed by atoms with Gasteiger partial charge in [0, 0.05) is 10.9 Å². The Hall–Kier alpha value is -3.16. The van der Waals surface area contributed by atoms with Crippen molar-refractivity contribution in [2.24, 2.45) is 0 Å². The van der Waals surface area contributed by atoms with Crippen molar-refractivity contribution in [3.63, 3.8) is 0 Å². The van der Waals surface area contributed by atoms with Crippen LogP contribution in [0.3, 0.4) is 0 Å². The van der Waals surface area contributed by atoms with Crippen LogP contribution in [-0.4, -0.2) is 22.2 Å². The van der Waals surface area contributed by atoms with Gasteiger partial charge in [-0.05, 0) is 45.3 Å². The number of rotatable bonds is 3. The SMILES string of the molecule is COc1ccc(-c2cc(-c3ccccc3)nc3sc4c(O)c(Br)c(=O)[nH]c4c23)cc1. The summed E-state index contributed by atoms with van der Waals surface area (Å²) in [5.74, 6) is 0.691. The third-order valence-electron chi connectivity index (χ3n) is 4.99. The first-order valence-corrected chi connectivity index (χ1v) is 10.8. The molecule has 30 heavy (non-hydrogen) atoms. The number of nitrogens with one attached hydrogen (secondary N) is 1. The minimum atomic E-state index is -0.382. The van der Waals surface area contributed by atoms with Crippen LogP contribution in [0.25, 0.3) is 42.8 Å². The second-order valence-corrected chi connectivity index (χ2v) is 8.54. The number of aromatic nitrogens is 2. The van der Waals surface area contributed by atoms with Crippen LogP contribution >= 0.6 is 27.3 Å². The monoisotopic (exact) mass is 478 g/mol. The van der Waals surface area contributed by atoms with E-state index in [2.05, 4.69) is 20.9 Å². The zero-order valence-corrected chi connectivity index (χ0v) is 18.2. The van der Waals surface area contributed by atoms with Crippen LogP contribution in [0, 0.1) is 0 Å². The maximum atomic E-state index is 12.3. The third-order valence-corrected chi connectivity index (χ3v) is 6.82. The summed E-state index contributed by atoms with van der Waals surface area (Å²) < 4.78 is 6.00. The summed E-state index contributed by atoms with van der Waals surface area (Å²) in [6.07, 6.45) is 0. The maximum Gasteiger partial charge on any atom is 0.266 e. The zero-order valence-electron chi connectivity index (χ0n) is 15.8. The van der Waals surface area contributed by atoms with Crippen LogP contribution in [0.4, 0.5) is 0 Å². The summed E-state index contributed by atoms with van der Waals surface area (Å²) >= 11 is 4.52. The van der Waals surface area contributed by atoms with Gasteiger partial charge in [0.25, 0.3) is 5.56 Å². The van der Waals surface area contributed by atoms with E-state index in [4.69, 9.17) is 9.72 Å². The number of pyridine rings is 2. The lowest BCUT2D eigenvalue weighted by Gasteiger charge is -2.09. The average Bonchev–Trinajstić information content (AvgIpc) is 3.16. The Bertz CT molecular complexity index is 1460. The molecule has 0 aliphatic rings. The number of hydrogen-bond acceptors (Lipinski definition) is 5. The van der Waals surface area contributed by atoms with Crippen LogP contribution in [0.5, 0.6) is 11.5 Å². The highest BCUT2D eigenvalue weighted by Crippen LogP contribution is 2.44. The lowest BCUT2D eigenvalue weighted by Crippen LogP contribution is -2.05. The van der Waals surface area contributed by atoms with E-state index in [0.29, 0.717) is 10.2 Å². The van der Waals surface area contributed by atoms with E-state index < -0.39 is 0 Å². The van der Waals surface area contributed by atoms with Gasteiger partial charge in [-0.25, -0.2) is 4.98 Å². The molecule has 0 aliphatic carbocycles. The van der Waals surface area contributed by atoms with Gasteiger partial charge in [-0.3, -0.25) is 4.79 Å². The molecule has 0 saturated heterocycles. The van der Waals surface area contributed by atoms with E-state index in [1.54, 1.807) is 7.11 Å². The molecular weight excluding hydrogens is 464 g/mol. The Labute approximate surface area is 183 Å². The van der Waals surface area contributed by atoms with Gasteiger partial charge in [-0.2, -0.15) is 0 Å². The Balaban J connectivity index is 1.90. The summed E-state index contributed by atoms with van der Waals surface area (Å²) in [5.41, 5.74) is 3.89. The molecule has 3 aromatic heterocycles. The number of nitrogens with zero attached hydrogens (tertiary/aromatic N) is 1. The van der Waals surface area contributed by atoms with Gasteiger partial charge in [-0.1, -0.05) is 42.5 Å². The molecule has 0 aliphatic heterocycles. The Morgan fingerprint density at radius 2 is 1.80 bits per heavy atom. The molecule has 0 spiro atoms. The van der Waals surface area contributed by atoms with E-state index in [1.807, 2.05) is 60.7 Å². The molecule has 0 bridgehead atoms. The number of fused-ring (bicyclic) bond motifs is 3. The quantitative estimate of drug-likeness (QED) is 0.336. The molecule has 5 nitrogen and oxygen atoms in total. The Kier molecular flexibility index (Phi) is 4.56. The van der Waals surface area contributed by atoms with Crippen LogP contribution in [0.2, 0.25) is 0 Å². The van der Waals surface area contributed by atoms with Gasteiger partial charge in [-0.15, -0.1) is 11.3 Å². The second-order valence-electron chi connectivity index (χ2n) is 6.75. The predicted molar refractivity (Wildman–Crippen MR) is 125 cm³/mol. The summed E-state index contributed by atoms with van der Waals surface area (Å²) in [6.45, 7) is 0. The van der Waals surface area contributed by atoms with E-state index in [9.17, 15) is 9.90 Å². The Morgan fingerprint density at radius 3 is 2.50 bits per heavy atom. The summed E-state index contributed by atoms with van der Waals surface area (Å²) in [6, 6.07) is 19.7. The molecule has 148 valence electrons. The van der Waals surface area contributed by atoms with Crippen LogP contribution in [0.15, 0.2) is 69.9 Å². The van der Waals surface area contributed by atoms with Gasteiger partial charge in [0.2, 0.25) is 0 Å². The summed E-state index contributed by atoms with van der Waals surface area (Å²) in [7, 11) is 1.63. The number of ether oxygens (including phenoxy) is 1. The predicted octanol–water partition coefficient (Wildman–Crippen LogP) is 5.95. The molecule has 0 atom stereocenters. The largest absolute Gasteiger partial charge is 0.505 e. The van der Waals surface area contributed by atoms with E-state index >= 15 is 0 Å². The number of aromatic amines is 1. The standard InChI is InChI=1S/C23H15BrN2O3S/c1-29-14-9-7-12(8-10-14)15-11-16(13-5-3-2-4-6-13)25-23-17(15)19-21(30-23)20(27)18(24)22(28)26-19/h2-11H,1H3,(H2,26,27,28). The minimum absolute atomic E-state index is 0.0707. The van der Waals surface area contributed by atoms with E-state index in [0.717, 1.165) is 38.4 Å². The molecule has 0 saturated carbocycles. The highest BCUT2D eigenvalue weighted by Gasteiger charge is 2.20. The van der Waals surface area contributed by atoms with Crippen molar-refractivity contribution in [1.82, 2.24) is 9.97 Å². The number of methoxy groups -OCH3 is 1. The van der Waals surface area contributed by atoms with Crippen molar-refractivity contribution in [1.29, 1.82) is 0 Å². The smallest absolute Gasteiger partial charge is 0.266 e. The Morgan fingerprint density at radius 1 is 1.07 bits per heavy atom. The van der Waals surface area contributed by atoms with Gasteiger partial charge < -0.3 is 14.8 Å². The van der Waals surface area contributed by atoms with Crippen LogP contribution in [-0.2, 0) is 0 Å². The number of benzene rings is 2. The fourth-order valence-electron chi connectivity index (χ4n) is 3.52. The molecule has 7 heteroatoms. The molecule has 0 fully saturated rings. The van der Waals surface area contributed by atoms with Crippen molar-refractivity contribution in [3.05, 3.63) is 75.5 Å². The highest BCUT2D eigenvalue weighted by molar-refractivity contribution is 9.10. The zero-order chi connectivity index (χ0) is 20.8. The first-order valence-electron chi connectivity index (χ1n) is 9.14. The maximum absolute atomic E-state index is 12.3.